The molecule has 0 saturated carbocycles. The second-order valence-corrected chi connectivity index (χ2v) is 3.40. The van der Waals surface area contributed by atoms with Gasteiger partial charge in [0.2, 0.25) is 5.91 Å². The molecule has 0 aromatic heterocycles. The number of carboxylic acids is 1. The fourth-order valence-corrected chi connectivity index (χ4v) is 1.40. The second-order valence-electron chi connectivity index (χ2n) is 3.40. The molecule has 1 fully saturated rings. The Morgan fingerprint density at radius 2 is 2.27 bits per heavy atom. The highest BCUT2D eigenvalue weighted by atomic mass is 16.7. The van der Waals surface area contributed by atoms with Crippen molar-refractivity contribution in [3.63, 3.8) is 0 Å². The Labute approximate surface area is 87.5 Å². The molecule has 0 spiro atoms. The predicted octanol–water partition coefficient (Wildman–Crippen LogP) is 0.0780. The third-order valence-corrected chi connectivity index (χ3v) is 2.07. The van der Waals surface area contributed by atoms with Gasteiger partial charge in [-0.1, -0.05) is 0 Å². The quantitative estimate of drug-likeness (QED) is 0.637. The van der Waals surface area contributed by atoms with Gasteiger partial charge in [-0.05, 0) is 19.3 Å². The van der Waals surface area contributed by atoms with Crippen molar-refractivity contribution in [3.8, 4) is 0 Å². The molecule has 1 amide bonds. The fraction of sp³-hybridized carbons (Fsp3) is 0.778. The van der Waals surface area contributed by atoms with Crippen LogP contribution in [0.5, 0.6) is 0 Å². The fourth-order valence-electron chi connectivity index (χ4n) is 1.40. The molecular weight excluding hydrogens is 202 g/mol. The monoisotopic (exact) mass is 217 g/mol. The lowest BCUT2D eigenvalue weighted by atomic mass is 10.1. The third-order valence-electron chi connectivity index (χ3n) is 2.07. The first-order valence-electron chi connectivity index (χ1n) is 4.92. The summed E-state index contributed by atoms with van der Waals surface area (Å²) in [7, 11) is 0. The molecule has 6 nitrogen and oxygen atoms in total. The van der Waals surface area contributed by atoms with Crippen LogP contribution in [0.2, 0.25) is 0 Å². The largest absolute Gasteiger partial charge is 0.479 e. The van der Waals surface area contributed by atoms with Crippen LogP contribution in [0.4, 0.5) is 0 Å². The summed E-state index contributed by atoms with van der Waals surface area (Å²) in [6.07, 6.45) is 3.13. The molecule has 2 N–H and O–H groups in total. The molecule has 1 aliphatic rings. The molecule has 0 aliphatic carbocycles. The summed E-state index contributed by atoms with van der Waals surface area (Å²) in [6, 6.07) is 0. The lowest BCUT2D eigenvalue weighted by Gasteiger charge is -2.21. The summed E-state index contributed by atoms with van der Waals surface area (Å²) in [6.45, 7) is 0.158. The van der Waals surface area contributed by atoms with Crippen LogP contribution < -0.4 is 5.48 Å². The molecule has 0 bridgehead atoms. The first-order valence-corrected chi connectivity index (χ1v) is 4.92. The lowest BCUT2D eigenvalue weighted by Crippen LogP contribution is -2.31. The summed E-state index contributed by atoms with van der Waals surface area (Å²) >= 11 is 0. The van der Waals surface area contributed by atoms with E-state index in [0.717, 1.165) is 19.3 Å². The highest BCUT2D eigenvalue weighted by molar-refractivity contribution is 5.75. The number of hydrogen-bond acceptors (Lipinski definition) is 4. The van der Waals surface area contributed by atoms with Gasteiger partial charge in [0.05, 0.1) is 12.5 Å². The molecule has 1 heterocycles. The number of rotatable bonds is 5. The van der Waals surface area contributed by atoms with E-state index in [2.05, 4.69) is 10.3 Å². The minimum absolute atomic E-state index is 0.0628. The molecule has 1 saturated heterocycles. The van der Waals surface area contributed by atoms with Gasteiger partial charge in [-0.3, -0.25) is 9.63 Å². The van der Waals surface area contributed by atoms with Gasteiger partial charge in [-0.2, -0.15) is 0 Å². The third kappa shape index (κ3) is 5.34. The molecule has 0 aromatic rings. The van der Waals surface area contributed by atoms with Crippen LogP contribution in [0.15, 0.2) is 0 Å². The maximum absolute atomic E-state index is 11.2. The highest BCUT2D eigenvalue weighted by Crippen LogP contribution is 2.15. The van der Waals surface area contributed by atoms with Crippen molar-refractivity contribution in [3.05, 3.63) is 0 Å². The van der Waals surface area contributed by atoms with Crippen LogP contribution in [0.1, 0.15) is 25.7 Å². The molecule has 1 rings (SSSR count). The SMILES string of the molecule is O=C(O)CONC(=O)CC1CCCCO1. The highest BCUT2D eigenvalue weighted by Gasteiger charge is 2.17. The summed E-state index contributed by atoms with van der Waals surface area (Å²) in [5.41, 5.74) is 2.06. The van der Waals surface area contributed by atoms with Crippen molar-refractivity contribution >= 4 is 11.9 Å². The topological polar surface area (TPSA) is 84.9 Å². The summed E-state index contributed by atoms with van der Waals surface area (Å²) in [4.78, 5) is 25.7. The number of carbonyl (C=O) groups excluding carboxylic acids is 1. The van der Waals surface area contributed by atoms with Gasteiger partial charge in [0.1, 0.15) is 0 Å². The normalized spacial score (nSPS) is 20.9. The standard InChI is InChI=1S/C9H15NO5/c11-8(10-15-6-9(12)13)5-7-3-1-2-4-14-7/h7H,1-6H2,(H,10,11)(H,12,13). The van der Waals surface area contributed by atoms with Gasteiger partial charge in [-0.25, -0.2) is 10.3 Å². The number of ether oxygens (including phenoxy) is 1. The predicted molar refractivity (Wildman–Crippen MR) is 49.9 cm³/mol. The van der Waals surface area contributed by atoms with E-state index in [1.165, 1.54) is 0 Å². The maximum Gasteiger partial charge on any atom is 0.332 e. The zero-order valence-corrected chi connectivity index (χ0v) is 8.40. The number of carboxylic acid groups (broad SMARTS) is 1. The van der Waals surface area contributed by atoms with E-state index >= 15 is 0 Å². The van der Waals surface area contributed by atoms with Crippen LogP contribution in [-0.4, -0.2) is 36.3 Å². The lowest BCUT2D eigenvalue weighted by molar-refractivity contribution is -0.150. The molecule has 1 unspecified atom stereocenters. The van der Waals surface area contributed by atoms with E-state index in [1.807, 2.05) is 0 Å². The molecule has 0 radical (unpaired) electrons. The van der Waals surface area contributed by atoms with Gasteiger partial charge in [0.25, 0.3) is 0 Å². The van der Waals surface area contributed by atoms with E-state index in [-0.39, 0.29) is 18.4 Å². The van der Waals surface area contributed by atoms with Gasteiger partial charge in [-0.15, -0.1) is 0 Å². The number of aliphatic carboxylic acids is 1. The summed E-state index contributed by atoms with van der Waals surface area (Å²) in [5.74, 6) is -1.47. The van der Waals surface area contributed by atoms with Crippen molar-refractivity contribution in [1.82, 2.24) is 5.48 Å². The summed E-state index contributed by atoms with van der Waals surface area (Å²) in [5, 5.41) is 8.25. The zero-order chi connectivity index (χ0) is 11.1. The molecule has 1 atom stereocenters. The first kappa shape index (κ1) is 11.9. The number of hydroxylamine groups is 1. The van der Waals surface area contributed by atoms with Gasteiger partial charge in [0, 0.05) is 6.61 Å². The van der Waals surface area contributed by atoms with Crippen LogP contribution in [0.3, 0.4) is 0 Å². The molecular formula is C9H15NO5. The Bertz CT molecular complexity index is 225. The average Bonchev–Trinajstić information content (AvgIpc) is 2.18. The number of nitrogens with one attached hydrogen (secondary N) is 1. The van der Waals surface area contributed by atoms with Crippen LogP contribution in [-0.2, 0) is 19.2 Å². The zero-order valence-electron chi connectivity index (χ0n) is 8.40. The molecule has 15 heavy (non-hydrogen) atoms. The van der Waals surface area contributed by atoms with Crippen LogP contribution in [0.25, 0.3) is 0 Å². The Morgan fingerprint density at radius 1 is 1.47 bits per heavy atom. The van der Waals surface area contributed by atoms with E-state index in [4.69, 9.17) is 9.84 Å². The van der Waals surface area contributed by atoms with E-state index in [1.54, 1.807) is 0 Å². The number of carbonyl (C=O) groups is 2. The van der Waals surface area contributed by atoms with E-state index in [0.29, 0.717) is 6.61 Å². The molecule has 6 heteroatoms. The Hall–Kier alpha value is -1.14. The number of hydrogen-bond donors (Lipinski definition) is 2. The average molecular weight is 217 g/mol. The molecule has 86 valence electrons. The van der Waals surface area contributed by atoms with Crippen molar-refractivity contribution < 1.29 is 24.3 Å². The van der Waals surface area contributed by atoms with Gasteiger partial charge >= 0.3 is 5.97 Å². The second kappa shape index (κ2) is 6.36. The van der Waals surface area contributed by atoms with Gasteiger partial charge < -0.3 is 9.84 Å². The van der Waals surface area contributed by atoms with Crippen molar-refractivity contribution in [1.29, 1.82) is 0 Å². The minimum atomic E-state index is -1.12. The minimum Gasteiger partial charge on any atom is -0.479 e. The van der Waals surface area contributed by atoms with Crippen LogP contribution >= 0.6 is 0 Å². The van der Waals surface area contributed by atoms with Crippen molar-refractivity contribution in [2.75, 3.05) is 13.2 Å². The van der Waals surface area contributed by atoms with Crippen LogP contribution in [0, 0.1) is 0 Å². The first-order chi connectivity index (χ1) is 7.18. The Morgan fingerprint density at radius 3 is 2.87 bits per heavy atom. The van der Waals surface area contributed by atoms with E-state index in [9.17, 15) is 9.59 Å². The smallest absolute Gasteiger partial charge is 0.332 e. The maximum atomic E-state index is 11.2. The molecule has 1 aliphatic heterocycles. The molecule has 0 aromatic carbocycles. The number of amides is 1. The Kier molecular flexibility index (Phi) is 5.06. The Balaban J connectivity index is 2.09. The van der Waals surface area contributed by atoms with Crippen molar-refractivity contribution in [2.45, 2.75) is 31.8 Å². The van der Waals surface area contributed by atoms with E-state index < -0.39 is 12.6 Å². The summed E-state index contributed by atoms with van der Waals surface area (Å²) < 4.78 is 5.34. The van der Waals surface area contributed by atoms with Gasteiger partial charge in [0.15, 0.2) is 6.61 Å². The van der Waals surface area contributed by atoms with Crippen molar-refractivity contribution in [2.24, 2.45) is 0 Å².